The number of nitrogens with zero attached hydrogens (tertiary/aromatic N) is 1. The molecular formula is C19H22BrNO2. The van der Waals surface area contributed by atoms with Crippen LogP contribution in [0.25, 0.3) is 0 Å². The van der Waals surface area contributed by atoms with Crippen LogP contribution in [-0.2, 0) is 5.60 Å². The molecule has 1 unspecified atom stereocenters. The summed E-state index contributed by atoms with van der Waals surface area (Å²) in [7, 11) is 0. The smallest absolute Gasteiger partial charge is 0.138 e. The molecule has 1 aliphatic heterocycles. The van der Waals surface area contributed by atoms with Crippen molar-refractivity contribution in [2.24, 2.45) is 0 Å². The quantitative estimate of drug-likeness (QED) is 0.761. The molecule has 0 aliphatic carbocycles. The Morgan fingerprint density at radius 2 is 1.91 bits per heavy atom. The van der Waals surface area contributed by atoms with Crippen LogP contribution in [0.5, 0.6) is 5.75 Å². The van der Waals surface area contributed by atoms with Gasteiger partial charge in [-0.25, -0.2) is 0 Å². The first-order chi connectivity index (χ1) is 11.1. The van der Waals surface area contributed by atoms with E-state index in [2.05, 4.69) is 27.8 Å². The molecule has 1 atom stereocenters. The van der Waals surface area contributed by atoms with E-state index in [1.807, 2.05) is 30.3 Å². The van der Waals surface area contributed by atoms with Gasteiger partial charge in [0.25, 0.3) is 0 Å². The summed E-state index contributed by atoms with van der Waals surface area (Å²) >= 11 is 3.44. The third kappa shape index (κ3) is 2.98. The lowest BCUT2D eigenvalue weighted by atomic mass is 9.87. The van der Waals surface area contributed by atoms with Crippen LogP contribution in [0.2, 0.25) is 0 Å². The molecule has 2 N–H and O–H groups in total. The van der Waals surface area contributed by atoms with Crippen LogP contribution < -0.4 is 4.90 Å². The normalized spacial score (nSPS) is 19.9. The van der Waals surface area contributed by atoms with Gasteiger partial charge in [-0.05, 0) is 30.7 Å². The summed E-state index contributed by atoms with van der Waals surface area (Å²) in [6.07, 6.45) is 3.46. The molecule has 1 aliphatic rings. The molecule has 0 aromatic heterocycles. The molecule has 0 fully saturated rings. The predicted molar refractivity (Wildman–Crippen MR) is 97.0 cm³/mol. The third-order valence-electron chi connectivity index (χ3n) is 4.55. The number of β-amino-alcohol motifs (C(OH)–C–C–N with tert-alkyl or cyclic N) is 1. The van der Waals surface area contributed by atoms with Crippen LogP contribution in [0.3, 0.4) is 0 Å². The Hall–Kier alpha value is -1.52. The zero-order chi connectivity index (χ0) is 16.4. The largest absolute Gasteiger partial charge is 0.508 e. The van der Waals surface area contributed by atoms with E-state index in [1.54, 1.807) is 12.1 Å². The molecular weight excluding hydrogens is 354 g/mol. The fourth-order valence-corrected chi connectivity index (χ4v) is 3.73. The van der Waals surface area contributed by atoms with Crippen LogP contribution in [-0.4, -0.2) is 23.3 Å². The highest BCUT2D eigenvalue weighted by Gasteiger charge is 2.43. The molecule has 0 saturated heterocycles. The number of aromatic hydroxyl groups is 1. The van der Waals surface area contributed by atoms with E-state index in [-0.39, 0.29) is 5.75 Å². The summed E-state index contributed by atoms with van der Waals surface area (Å²) < 4.78 is 0.848. The van der Waals surface area contributed by atoms with E-state index in [0.717, 1.165) is 28.7 Å². The fourth-order valence-electron chi connectivity index (χ4n) is 3.37. The minimum Gasteiger partial charge on any atom is -0.508 e. The van der Waals surface area contributed by atoms with E-state index >= 15 is 0 Å². The van der Waals surface area contributed by atoms with Crippen molar-refractivity contribution in [2.45, 2.75) is 31.8 Å². The Balaban J connectivity index is 2.01. The Morgan fingerprint density at radius 1 is 1.13 bits per heavy atom. The van der Waals surface area contributed by atoms with Gasteiger partial charge < -0.3 is 15.1 Å². The molecule has 0 saturated carbocycles. The molecule has 3 rings (SSSR count). The first-order valence-corrected chi connectivity index (χ1v) is 8.91. The number of unbranched alkanes of at least 4 members (excludes halogenated alkanes) is 2. The lowest BCUT2D eigenvalue weighted by Gasteiger charge is -2.26. The summed E-state index contributed by atoms with van der Waals surface area (Å²) in [4.78, 5) is 2.23. The standard InChI is InChI=1S/C19H22BrNO2/c1-2-3-6-11-21-13-19(23,15-7-4-5-8-17(15)21)16-12-14(20)9-10-18(16)22/h4-5,7-10,12,22-23H,2-3,6,11,13H2,1H3. The number of benzene rings is 2. The zero-order valence-electron chi connectivity index (χ0n) is 13.3. The van der Waals surface area contributed by atoms with Gasteiger partial charge in [-0.1, -0.05) is 53.9 Å². The van der Waals surface area contributed by atoms with Crippen molar-refractivity contribution in [3.05, 3.63) is 58.1 Å². The van der Waals surface area contributed by atoms with Crippen molar-refractivity contribution >= 4 is 21.6 Å². The molecule has 2 aromatic carbocycles. The topological polar surface area (TPSA) is 43.7 Å². The fraction of sp³-hybridized carbons (Fsp3) is 0.368. The highest BCUT2D eigenvalue weighted by atomic mass is 79.9. The molecule has 23 heavy (non-hydrogen) atoms. The SMILES string of the molecule is CCCCCN1CC(O)(c2cc(Br)ccc2O)c2ccccc21. The highest BCUT2D eigenvalue weighted by Crippen LogP contribution is 2.46. The van der Waals surface area contributed by atoms with Crippen LogP contribution in [0.1, 0.15) is 37.3 Å². The average molecular weight is 376 g/mol. The lowest BCUT2D eigenvalue weighted by Crippen LogP contribution is -2.35. The number of phenols is 1. The zero-order valence-corrected chi connectivity index (χ0v) is 14.9. The van der Waals surface area contributed by atoms with Crippen LogP contribution in [0, 0.1) is 0 Å². The monoisotopic (exact) mass is 375 g/mol. The van der Waals surface area contributed by atoms with E-state index < -0.39 is 5.60 Å². The number of phenolic OH excluding ortho intramolecular Hbond substituents is 1. The maximum Gasteiger partial charge on any atom is 0.138 e. The molecule has 0 amide bonds. The summed E-state index contributed by atoms with van der Waals surface area (Å²) in [6, 6.07) is 13.2. The van der Waals surface area contributed by atoms with Crippen molar-refractivity contribution < 1.29 is 10.2 Å². The molecule has 3 nitrogen and oxygen atoms in total. The van der Waals surface area contributed by atoms with Crippen molar-refractivity contribution in [3.8, 4) is 5.75 Å². The number of hydrogen-bond acceptors (Lipinski definition) is 3. The lowest BCUT2D eigenvalue weighted by molar-refractivity contribution is 0.0949. The van der Waals surface area contributed by atoms with Crippen molar-refractivity contribution in [1.82, 2.24) is 0 Å². The number of fused-ring (bicyclic) bond motifs is 1. The number of anilines is 1. The first kappa shape index (κ1) is 16.3. The van der Waals surface area contributed by atoms with Gasteiger partial charge in [-0.15, -0.1) is 0 Å². The first-order valence-electron chi connectivity index (χ1n) is 8.12. The highest BCUT2D eigenvalue weighted by molar-refractivity contribution is 9.10. The van der Waals surface area contributed by atoms with Crippen molar-refractivity contribution in [2.75, 3.05) is 18.0 Å². The second-order valence-electron chi connectivity index (χ2n) is 6.17. The van der Waals surface area contributed by atoms with Gasteiger partial charge in [0.05, 0.1) is 6.54 Å². The third-order valence-corrected chi connectivity index (χ3v) is 5.04. The number of aliphatic hydroxyl groups is 1. The van der Waals surface area contributed by atoms with E-state index in [0.29, 0.717) is 12.1 Å². The number of rotatable bonds is 5. The summed E-state index contributed by atoms with van der Waals surface area (Å²) in [6.45, 7) is 3.58. The molecule has 0 radical (unpaired) electrons. The molecule has 1 heterocycles. The van der Waals surface area contributed by atoms with Gasteiger partial charge in [0.2, 0.25) is 0 Å². The van der Waals surface area contributed by atoms with Crippen LogP contribution in [0.15, 0.2) is 46.9 Å². The van der Waals surface area contributed by atoms with E-state index in [9.17, 15) is 10.2 Å². The molecule has 4 heteroatoms. The predicted octanol–water partition coefficient (Wildman–Crippen LogP) is 4.40. The maximum atomic E-state index is 11.4. The van der Waals surface area contributed by atoms with E-state index in [4.69, 9.17) is 0 Å². The van der Waals surface area contributed by atoms with Crippen molar-refractivity contribution in [1.29, 1.82) is 0 Å². The Morgan fingerprint density at radius 3 is 2.70 bits per heavy atom. The maximum absolute atomic E-state index is 11.4. The minimum atomic E-state index is -1.18. The second-order valence-corrected chi connectivity index (χ2v) is 7.08. The van der Waals surface area contributed by atoms with Gasteiger partial charge in [-0.2, -0.15) is 0 Å². The molecule has 122 valence electrons. The van der Waals surface area contributed by atoms with Crippen LogP contribution >= 0.6 is 15.9 Å². The summed E-state index contributed by atoms with van der Waals surface area (Å²) in [5.74, 6) is 0.126. The Kier molecular flexibility index (Phi) is 4.64. The van der Waals surface area contributed by atoms with Gasteiger partial charge in [0.1, 0.15) is 11.4 Å². The molecule has 2 aromatic rings. The Bertz CT molecular complexity index is 704. The Labute approximate surface area is 145 Å². The number of hydrogen-bond donors (Lipinski definition) is 2. The average Bonchev–Trinajstić information content (AvgIpc) is 2.84. The molecule has 0 spiro atoms. The van der Waals surface area contributed by atoms with Gasteiger partial charge in [-0.3, -0.25) is 0 Å². The van der Waals surface area contributed by atoms with Crippen LogP contribution in [0.4, 0.5) is 5.69 Å². The summed E-state index contributed by atoms with van der Waals surface area (Å²) in [5.41, 5.74) is 1.30. The minimum absolute atomic E-state index is 0.126. The number of halogens is 1. The molecule has 0 bridgehead atoms. The van der Waals surface area contributed by atoms with E-state index in [1.165, 1.54) is 12.8 Å². The van der Waals surface area contributed by atoms with Gasteiger partial charge >= 0.3 is 0 Å². The van der Waals surface area contributed by atoms with Gasteiger partial charge in [0.15, 0.2) is 0 Å². The second kappa shape index (κ2) is 6.54. The summed E-state index contributed by atoms with van der Waals surface area (Å²) in [5, 5.41) is 21.7. The van der Waals surface area contributed by atoms with Crippen molar-refractivity contribution in [3.63, 3.8) is 0 Å². The van der Waals surface area contributed by atoms with Gasteiger partial charge in [0, 0.05) is 27.8 Å². The number of para-hydroxylation sites is 1.